The van der Waals surface area contributed by atoms with Crippen molar-refractivity contribution in [3.05, 3.63) is 150 Å². The van der Waals surface area contributed by atoms with Crippen LogP contribution in [0.25, 0.3) is 90.9 Å². The number of halogens is 3. The first-order valence-corrected chi connectivity index (χ1v) is 26.3. The SMILES string of the molecule is BrCCOCCOc1ccc(-c2c3nc(c(-c4ccc(OCCOCCBr)cc4)c4ccc([nH]4)c(-c4ccccc4)c4ccc([nH]4)c(-c4ccc(OCCOCCBr)cc4)c4nc2C=C4)C=C3)cc1. The molecule has 69 heavy (non-hydrogen) atoms. The van der Waals surface area contributed by atoms with E-state index >= 15 is 0 Å². The number of H-pyrrole nitrogens is 2. The van der Waals surface area contributed by atoms with Crippen molar-refractivity contribution < 1.29 is 28.4 Å². The fourth-order valence-electron chi connectivity index (χ4n) is 8.30. The van der Waals surface area contributed by atoms with Gasteiger partial charge in [0.1, 0.15) is 37.1 Å². The van der Waals surface area contributed by atoms with Gasteiger partial charge in [0.2, 0.25) is 0 Å². The molecule has 2 aliphatic rings. The minimum Gasteiger partial charge on any atom is -0.491 e. The molecule has 0 atom stereocenters. The number of hydrogen-bond acceptors (Lipinski definition) is 8. The van der Waals surface area contributed by atoms with Crippen LogP contribution in [-0.2, 0) is 14.2 Å². The summed E-state index contributed by atoms with van der Waals surface area (Å²) < 4.78 is 35.0. The number of aromatic amines is 2. The maximum Gasteiger partial charge on any atom is 0.119 e. The standard InChI is InChI=1S/C56H51Br3N4O6/c57-26-29-64-32-35-67-42-12-6-39(7-13-42)54-47-20-18-45(60-47)53(38-4-2-1-3-5-38)46-19-21-48(61-46)55(40-8-14-43(15-9-40)68-36-33-65-30-27-58)50-23-25-52(63-50)56(51-24-22-49(54)62-51)41-10-16-44(17-11-41)69-37-34-66-31-28-59/h1-25,60-61H,26-37H2. The summed E-state index contributed by atoms with van der Waals surface area (Å²) in [4.78, 5) is 18.6. The minimum absolute atomic E-state index is 0.449. The molecule has 0 radical (unpaired) electrons. The molecule has 352 valence electrons. The molecule has 8 bridgehead atoms. The fraction of sp³-hybridized carbons (Fsp3) is 0.214. The molecule has 0 unspecified atom stereocenters. The number of aromatic nitrogens is 4. The number of benzene rings is 4. The highest BCUT2D eigenvalue weighted by molar-refractivity contribution is 9.09. The molecule has 5 heterocycles. The highest BCUT2D eigenvalue weighted by atomic mass is 79.9. The number of nitrogens with one attached hydrogen (secondary N) is 2. The van der Waals surface area contributed by atoms with E-state index in [4.69, 9.17) is 38.4 Å². The van der Waals surface area contributed by atoms with Gasteiger partial charge in [0, 0.05) is 60.3 Å². The quantitative estimate of drug-likeness (QED) is 0.0510. The van der Waals surface area contributed by atoms with Crippen LogP contribution in [0.4, 0.5) is 0 Å². The number of rotatable bonds is 22. The normalized spacial score (nSPS) is 11.9. The number of hydrogen-bond donors (Lipinski definition) is 2. The van der Waals surface area contributed by atoms with E-state index in [2.05, 4.69) is 167 Å². The smallest absolute Gasteiger partial charge is 0.119 e. The van der Waals surface area contributed by atoms with Gasteiger partial charge in [-0.2, -0.15) is 0 Å². The lowest BCUT2D eigenvalue weighted by Gasteiger charge is -2.10. The van der Waals surface area contributed by atoms with Crippen LogP contribution in [0.5, 0.6) is 17.2 Å². The van der Waals surface area contributed by atoms with Crippen molar-refractivity contribution in [2.75, 3.05) is 75.5 Å². The molecule has 0 aliphatic carbocycles. The van der Waals surface area contributed by atoms with Crippen molar-refractivity contribution in [2.24, 2.45) is 0 Å². The highest BCUT2D eigenvalue weighted by Crippen LogP contribution is 2.39. The van der Waals surface area contributed by atoms with Crippen LogP contribution in [0, 0.1) is 0 Å². The summed E-state index contributed by atoms with van der Waals surface area (Å²) in [6, 6.07) is 43.6. The third-order valence-corrected chi connectivity index (χ3v) is 12.4. The monoisotopic (exact) mass is 1110 g/mol. The van der Waals surface area contributed by atoms with Gasteiger partial charge >= 0.3 is 0 Å². The van der Waals surface area contributed by atoms with E-state index in [9.17, 15) is 0 Å². The van der Waals surface area contributed by atoms with E-state index in [1.807, 2.05) is 42.5 Å². The number of alkyl halides is 3. The minimum atomic E-state index is 0.449. The first-order chi connectivity index (χ1) is 34.1. The maximum absolute atomic E-state index is 6.06. The molecule has 3 aromatic heterocycles. The third kappa shape index (κ3) is 12.0. The molecule has 13 heteroatoms. The predicted octanol–water partition coefficient (Wildman–Crippen LogP) is 13.7. The number of fused-ring (bicyclic) bond motifs is 8. The molecule has 2 N–H and O–H groups in total. The molecular formula is C56H51Br3N4O6. The summed E-state index contributed by atoms with van der Waals surface area (Å²) in [5.41, 5.74) is 14.7. The summed E-state index contributed by atoms with van der Waals surface area (Å²) in [5.74, 6) is 2.28. The van der Waals surface area contributed by atoms with Crippen molar-refractivity contribution in [2.45, 2.75) is 0 Å². The lowest BCUT2D eigenvalue weighted by Crippen LogP contribution is -2.07. The summed E-state index contributed by atoms with van der Waals surface area (Å²) in [6.07, 6.45) is 8.36. The van der Waals surface area contributed by atoms with Gasteiger partial charge in [-0.25, -0.2) is 9.97 Å². The Balaban J connectivity index is 1.24. The predicted molar refractivity (Wildman–Crippen MR) is 291 cm³/mol. The van der Waals surface area contributed by atoms with Crippen LogP contribution >= 0.6 is 47.8 Å². The van der Waals surface area contributed by atoms with E-state index in [1.54, 1.807) is 0 Å². The fourth-order valence-corrected chi connectivity index (χ4v) is 8.99. The zero-order valence-electron chi connectivity index (χ0n) is 37.9. The van der Waals surface area contributed by atoms with Gasteiger partial charge < -0.3 is 38.4 Å². The topological polar surface area (TPSA) is 113 Å². The van der Waals surface area contributed by atoms with Gasteiger partial charge in [-0.05, 0) is 107 Å². The lowest BCUT2D eigenvalue weighted by molar-refractivity contribution is 0.112. The second kappa shape index (κ2) is 24.2. The number of ether oxygens (including phenoxy) is 6. The summed E-state index contributed by atoms with van der Waals surface area (Å²) in [5, 5.41) is 2.36. The van der Waals surface area contributed by atoms with Crippen LogP contribution < -0.4 is 14.2 Å². The van der Waals surface area contributed by atoms with Crippen LogP contribution in [-0.4, -0.2) is 95.4 Å². The summed E-state index contributed by atoms with van der Waals surface area (Å²) in [6.45, 7) is 4.79. The van der Waals surface area contributed by atoms with Gasteiger partial charge in [-0.15, -0.1) is 0 Å². The van der Waals surface area contributed by atoms with E-state index in [0.29, 0.717) is 59.5 Å². The Morgan fingerprint density at radius 1 is 0.319 bits per heavy atom. The van der Waals surface area contributed by atoms with E-state index in [-0.39, 0.29) is 0 Å². The largest absolute Gasteiger partial charge is 0.491 e. The second-order valence-corrected chi connectivity index (χ2v) is 18.3. The van der Waals surface area contributed by atoms with Crippen LogP contribution in [0.1, 0.15) is 22.8 Å². The summed E-state index contributed by atoms with van der Waals surface area (Å²) in [7, 11) is 0. The Hall–Kier alpha value is -5.80. The average molecular weight is 1120 g/mol. The Labute approximate surface area is 427 Å². The molecule has 2 aliphatic heterocycles. The molecule has 0 amide bonds. The molecule has 0 fully saturated rings. The highest BCUT2D eigenvalue weighted by Gasteiger charge is 2.20. The van der Waals surface area contributed by atoms with Gasteiger partial charge in [-0.3, -0.25) is 0 Å². The molecule has 10 nitrogen and oxygen atoms in total. The van der Waals surface area contributed by atoms with Crippen LogP contribution in [0.3, 0.4) is 0 Å². The van der Waals surface area contributed by atoms with E-state index in [1.165, 1.54) is 0 Å². The van der Waals surface area contributed by atoms with Gasteiger partial charge in [0.15, 0.2) is 0 Å². The summed E-state index contributed by atoms with van der Waals surface area (Å²) >= 11 is 10.2. The maximum atomic E-state index is 6.06. The van der Waals surface area contributed by atoms with Gasteiger partial charge in [-0.1, -0.05) is 115 Å². The van der Waals surface area contributed by atoms with Crippen LogP contribution in [0.2, 0.25) is 0 Å². The average Bonchev–Trinajstić information content (AvgIpc) is 4.24. The zero-order chi connectivity index (χ0) is 47.2. The van der Waals surface area contributed by atoms with Crippen molar-refractivity contribution >= 4 is 94.2 Å². The van der Waals surface area contributed by atoms with E-state index in [0.717, 1.165) is 123 Å². The molecule has 0 spiro atoms. The molecule has 0 saturated heterocycles. The van der Waals surface area contributed by atoms with Crippen molar-refractivity contribution in [1.29, 1.82) is 0 Å². The van der Waals surface area contributed by atoms with Crippen molar-refractivity contribution in [1.82, 2.24) is 19.9 Å². The first-order valence-electron chi connectivity index (χ1n) is 22.9. The van der Waals surface area contributed by atoms with E-state index < -0.39 is 0 Å². The number of nitrogens with zero attached hydrogens (tertiary/aromatic N) is 2. The molecule has 4 aromatic carbocycles. The second-order valence-electron chi connectivity index (χ2n) is 15.9. The Morgan fingerprint density at radius 3 is 1.00 bits per heavy atom. The Kier molecular flexibility index (Phi) is 16.9. The van der Waals surface area contributed by atoms with Crippen molar-refractivity contribution in [3.63, 3.8) is 0 Å². The lowest BCUT2D eigenvalue weighted by atomic mass is 10.0. The zero-order valence-corrected chi connectivity index (χ0v) is 42.7. The molecule has 7 aromatic rings. The molecular weight excluding hydrogens is 1060 g/mol. The van der Waals surface area contributed by atoms with Gasteiger partial charge in [0.25, 0.3) is 0 Å². The molecule has 0 saturated carbocycles. The third-order valence-electron chi connectivity index (χ3n) is 11.4. The van der Waals surface area contributed by atoms with Gasteiger partial charge in [0.05, 0.1) is 62.4 Å². The van der Waals surface area contributed by atoms with Crippen LogP contribution in [0.15, 0.2) is 127 Å². The van der Waals surface area contributed by atoms with Crippen molar-refractivity contribution in [3.8, 4) is 61.8 Å². The Morgan fingerprint density at radius 2 is 0.638 bits per heavy atom. The first kappa shape index (κ1) is 48.2. The molecule has 9 rings (SSSR count). The Bertz CT molecular complexity index is 2890.